The van der Waals surface area contributed by atoms with E-state index >= 15 is 0 Å². The summed E-state index contributed by atoms with van der Waals surface area (Å²) in [5.41, 5.74) is 2.35. The molecule has 0 radical (unpaired) electrons. The average molecular weight is 445 g/mol. The molecule has 4 heterocycles. The third kappa shape index (κ3) is 4.31. The van der Waals surface area contributed by atoms with Gasteiger partial charge >= 0.3 is 0 Å². The van der Waals surface area contributed by atoms with Crippen molar-refractivity contribution in [2.45, 2.75) is 12.8 Å². The predicted octanol–water partition coefficient (Wildman–Crippen LogP) is 4.51. The van der Waals surface area contributed by atoms with Crippen molar-refractivity contribution in [1.82, 2.24) is 14.9 Å². The molecule has 32 heavy (non-hydrogen) atoms. The van der Waals surface area contributed by atoms with Crippen LogP contribution in [0.1, 0.15) is 21.7 Å². The lowest BCUT2D eigenvalue weighted by atomic mass is 10.1. The first-order valence-corrected chi connectivity index (χ1v) is 11.1. The van der Waals surface area contributed by atoms with Crippen LogP contribution in [0, 0.1) is 0 Å². The molecule has 3 aromatic heterocycles. The zero-order valence-corrected chi connectivity index (χ0v) is 18.0. The fourth-order valence-corrected chi connectivity index (χ4v) is 4.44. The fraction of sp³-hybridized carbons (Fsp3) is 0.167. The van der Waals surface area contributed by atoms with Crippen molar-refractivity contribution in [3.63, 3.8) is 0 Å². The van der Waals surface area contributed by atoms with Crippen LogP contribution in [-0.2, 0) is 11.2 Å². The van der Waals surface area contributed by atoms with Crippen molar-refractivity contribution >= 4 is 39.1 Å². The molecule has 0 saturated carbocycles. The number of hydrogen-bond acceptors (Lipinski definition) is 6. The Kier molecular flexibility index (Phi) is 5.51. The zero-order valence-electron chi connectivity index (χ0n) is 17.2. The van der Waals surface area contributed by atoms with Gasteiger partial charge < -0.3 is 15.0 Å². The maximum atomic E-state index is 12.5. The van der Waals surface area contributed by atoms with Gasteiger partial charge in [0.1, 0.15) is 11.5 Å². The van der Waals surface area contributed by atoms with Crippen molar-refractivity contribution in [2.24, 2.45) is 0 Å². The minimum Gasteiger partial charge on any atom is -0.456 e. The van der Waals surface area contributed by atoms with Gasteiger partial charge in [0.15, 0.2) is 0 Å². The molecule has 5 rings (SSSR count). The number of fused-ring (bicyclic) bond motifs is 1. The Morgan fingerprint density at radius 2 is 1.81 bits per heavy atom. The highest BCUT2D eigenvalue weighted by Crippen LogP contribution is 2.35. The summed E-state index contributed by atoms with van der Waals surface area (Å²) >= 11 is 1.41. The number of hydrogen-bond donors (Lipinski definition) is 1. The van der Waals surface area contributed by atoms with Crippen LogP contribution < -0.4 is 10.1 Å². The predicted molar refractivity (Wildman–Crippen MR) is 123 cm³/mol. The Balaban J connectivity index is 1.27. The largest absolute Gasteiger partial charge is 0.456 e. The van der Waals surface area contributed by atoms with Crippen LogP contribution in [0.5, 0.6) is 11.5 Å². The van der Waals surface area contributed by atoms with Gasteiger partial charge in [0, 0.05) is 43.4 Å². The standard InChI is InChI=1S/C24H20N4O3S/c29-22(27-17-6-9-25-10-7-17)14-16-2-4-18(5-3-16)31-20-8-11-26-19-15-21(32-23(19)20)24(30)28-12-1-13-28/h2-11,15H,1,12-14H2,(H,25,27,29). The number of ether oxygens (including phenoxy) is 1. The van der Waals surface area contributed by atoms with Gasteiger partial charge in [-0.1, -0.05) is 12.1 Å². The molecule has 0 unspecified atom stereocenters. The number of benzene rings is 1. The van der Waals surface area contributed by atoms with Crippen LogP contribution >= 0.6 is 11.3 Å². The minimum absolute atomic E-state index is 0.0552. The number of carbonyl (C=O) groups excluding carboxylic acids is 2. The highest BCUT2D eigenvalue weighted by Gasteiger charge is 2.24. The topological polar surface area (TPSA) is 84.4 Å². The number of carbonyl (C=O) groups is 2. The molecule has 0 atom stereocenters. The van der Waals surface area contributed by atoms with Crippen molar-refractivity contribution in [3.05, 3.63) is 77.6 Å². The normalized spacial score (nSPS) is 12.9. The summed E-state index contributed by atoms with van der Waals surface area (Å²) < 4.78 is 6.92. The molecule has 1 saturated heterocycles. The Hall–Kier alpha value is -3.78. The van der Waals surface area contributed by atoms with Gasteiger partial charge in [-0.15, -0.1) is 11.3 Å². The number of amides is 2. The molecule has 1 aliphatic rings. The Morgan fingerprint density at radius 1 is 1.03 bits per heavy atom. The summed E-state index contributed by atoms with van der Waals surface area (Å²) in [7, 11) is 0. The summed E-state index contributed by atoms with van der Waals surface area (Å²) in [6.45, 7) is 1.63. The van der Waals surface area contributed by atoms with Gasteiger partial charge in [-0.05, 0) is 42.3 Å². The van der Waals surface area contributed by atoms with Crippen molar-refractivity contribution in [3.8, 4) is 11.5 Å². The second kappa shape index (κ2) is 8.76. The molecule has 0 bridgehead atoms. The van der Waals surface area contributed by atoms with Gasteiger partial charge in [-0.3, -0.25) is 19.6 Å². The number of aromatic nitrogens is 2. The molecule has 1 aliphatic heterocycles. The maximum absolute atomic E-state index is 12.5. The van der Waals surface area contributed by atoms with Crippen molar-refractivity contribution in [2.75, 3.05) is 18.4 Å². The van der Waals surface area contributed by atoms with Gasteiger partial charge in [-0.2, -0.15) is 0 Å². The molecule has 8 heteroatoms. The lowest BCUT2D eigenvalue weighted by Gasteiger charge is -2.30. The quantitative estimate of drug-likeness (QED) is 0.473. The van der Waals surface area contributed by atoms with Crippen molar-refractivity contribution in [1.29, 1.82) is 0 Å². The summed E-state index contributed by atoms with van der Waals surface area (Å²) in [6.07, 6.45) is 6.27. The van der Waals surface area contributed by atoms with E-state index in [9.17, 15) is 9.59 Å². The Morgan fingerprint density at radius 3 is 2.53 bits per heavy atom. The fourth-order valence-electron chi connectivity index (χ4n) is 3.40. The molecule has 1 aromatic carbocycles. The summed E-state index contributed by atoms with van der Waals surface area (Å²) in [5, 5.41) is 2.85. The molecule has 2 amide bonds. The number of thiophene rings is 1. The average Bonchev–Trinajstić information content (AvgIpc) is 3.20. The van der Waals surface area contributed by atoms with Crippen LogP contribution in [0.3, 0.4) is 0 Å². The molecule has 1 N–H and O–H groups in total. The second-order valence-electron chi connectivity index (χ2n) is 7.49. The third-order valence-electron chi connectivity index (χ3n) is 5.21. The number of likely N-dealkylation sites (tertiary alicyclic amines) is 1. The van der Waals surface area contributed by atoms with E-state index in [0.29, 0.717) is 16.4 Å². The molecule has 0 aliphatic carbocycles. The van der Waals surface area contributed by atoms with Gasteiger partial charge in [0.25, 0.3) is 5.91 Å². The van der Waals surface area contributed by atoms with Crippen molar-refractivity contribution < 1.29 is 14.3 Å². The minimum atomic E-state index is -0.0984. The van der Waals surface area contributed by atoms with Crippen LogP contribution in [0.4, 0.5) is 5.69 Å². The van der Waals surface area contributed by atoms with E-state index in [2.05, 4.69) is 15.3 Å². The van der Waals surface area contributed by atoms with E-state index < -0.39 is 0 Å². The molecule has 1 fully saturated rings. The lowest BCUT2D eigenvalue weighted by Crippen LogP contribution is -2.41. The molecule has 160 valence electrons. The zero-order chi connectivity index (χ0) is 21.9. The van der Waals surface area contributed by atoms with Crippen LogP contribution in [0.25, 0.3) is 10.2 Å². The first kappa shape index (κ1) is 20.1. The molecule has 7 nitrogen and oxygen atoms in total. The molecular formula is C24H20N4O3S. The van der Waals surface area contributed by atoms with Gasteiger partial charge in [0.2, 0.25) is 5.91 Å². The summed E-state index contributed by atoms with van der Waals surface area (Å²) in [6, 6.07) is 14.5. The van der Waals surface area contributed by atoms with E-state index in [0.717, 1.165) is 41.0 Å². The smallest absolute Gasteiger partial charge is 0.264 e. The van der Waals surface area contributed by atoms with Crippen LogP contribution in [0.15, 0.2) is 67.1 Å². The van der Waals surface area contributed by atoms with Gasteiger partial charge in [0.05, 0.1) is 21.5 Å². The first-order valence-electron chi connectivity index (χ1n) is 10.3. The third-order valence-corrected chi connectivity index (χ3v) is 6.34. The van der Waals surface area contributed by atoms with Crippen LogP contribution in [0.2, 0.25) is 0 Å². The number of anilines is 1. The Labute approximate surface area is 188 Å². The number of pyridine rings is 2. The van der Waals surface area contributed by atoms with E-state index in [1.54, 1.807) is 36.8 Å². The van der Waals surface area contributed by atoms with E-state index in [-0.39, 0.29) is 18.2 Å². The highest BCUT2D eigenvalue weighted by atomic mass is 32.1. The summed E-state index contributed by atoms with van der Waals surface area (Å²) in [4.78, 5) is 35.6. The summed E-state index contributed by atoms with van der Waals surface area (Å²) in [5.74, 6) is 1.27. The Bertz CT molecular complexity index is 1270. The number of nitrogens with one attached hydrogen (secondary N) is 1. The monoisotopic (exact) mass is 444 g/mol. The highest BCUT2D eigenvalue weighted by molar-refractivity contribution is 7.21. The van der Waals surface area contributed by atoms with E-state index in [1.807, 2.05) is 35.2 Å². The van der Waals surface area contributed by atoms with Crippen LogP contribution in [-0.4, -0.2) is 39.8 Å². The molecule has 0 spiro atoms. The van der Waals surface area contributed by atoms with E-state index in [4.69, 9.17) is 4.74 Å². The molecule has 4 aromatic rings. The second-order valence-corrected chi connectivity index (χ2v) is 8.54. The first-order chi connectivity index (χ1) is 15.7. The SMILES string of the molecule is O=C(Cc1ccc(Oc2ccnc3cc(C(=O)N4CCC4)sc23)cc1)Nc1ccncc1. The molecular weight excluding hydrogens is 424 g/mol. The lowest BCUT2D eigenvalue weighted by molar-refractivity contribution is -0.115. The van der Waals surface area contributed by atoms with Gasteiger partial charge in [-0.25, -0.2) is 0 Å². The number of rotatable bonds is 6. The number of nitrogens with zero attached hydrogens (tertiary/aromatic N) is 3. The maximum Gasteiger partial charge on any atom is 0.264 e. The van der Waals surface area contributed by atoms with E-state index in [1.165, 1.54) is 11.3 Å².